The van der Waals surface area contributed by atoms with Gasteiger partial charge in [0.2, 0.25) is 5.95 Å². The Hall–Kier alpha value is -1.53. The second kappa shape index (κ2) is 5.85. The van der Waals surface area contributed by atoms with Gasteiger partial charge < -0.3 is 0 Å². The van der Waals surface area contributed by atoms with Crippen LogP contribution in [0, 0.1) is 5.95 Å². The Morgan fingerprint density at radius 1 is 1.40 bits per heavy atom. The number of rotatable bonds is 3. The minimum atomic E-state index is -0.382. The van der Waals surface area contributed by atoms with Crippen LogP contribution < -0.4 is 0 Å². The van der Waals surface area contributed by atoms with Crippen LogP contribution in [0.1, 0.15) is 16.8 Å². The van der Waals surface area contributed by atoms with Gasteiger partial charge in [-0.25, -0.2) is 15.0 Å². The summed E-state index contributed by atoms with van der Waals surface area (Å²) < 4.78 is 13.6. The van der Waals surface area contributed by atoms with E-state index in [4.69, 9.17) is 0 Å². The van der Waals surface area contributed by atoms with E-state index in [2.05, 4.69) is 19.9 Å². The molecular formula is C14H15FN4S. The molecule has 1 aliphatic heterocycles. The number of aromatic nitrogens is 3. The molecule has 20 heavy (non-hydrogen) atoms. The summed E-state index contributed by atoms with van der Waals surface area (Å²) in [5.74, 6) is -0.382. The topological polar surface area (TPSA) is 41.9 Å². The first kappa shape index (κ1) is 13.5. The van der Waals surface area contributed by atoms with E-state index in [0.717, 1.165) is 35.9 Å². The maximum absolute atomic E-state index is 13.6. The number of hydrogen-bond acceptors (Lipinski definition) is 5. The van der Waals surface area contributed by atoms with Gasteiger partial charge in [-0.15, -0.1) is 0 Å². The quantitative estimate of drug-likeness (QED) is 0.493. The van der Waals surface area contributed by atoms with Gasteiger partial charge in [-0.3, -0.25) is 4.90 Å². The minimum absolute atomic E-state index is 0.382. The standard InChI is InChI=1S/C14H15FN4S/c1-20-14-17-7-11-9-19(6-4-12(11)18-14)8-10-3-2-5-16-13(10)15/h2-3,5,7H,4,6,8-9H2,1H3. The van der Waals surface area contributed by atoms with Crippen LogP contribution in [-0.2, 0) is 19.5 Å². The molecule has 2 aromatic heterocycles. The molecule has 0 radical (unpaired) electrons. The lowest BCUT2D eigenvalue weighted by atomic mass is 10.1. The number of thioether (sulfide) groups is 1. The van der Waals surface area contributed by atoms with Gasteiger partial charge in [0.05, 0.1) is 5.69 Å². The molecule has 104 valence electrons. The van der Waals surface area contributed by atoms with Gasteiger partial charge in [0, 0.05) is 49.6 Å². The number of pyridine rings is 1. The molecule has 2 aromatic rings. The summed E-state index contributed by atoms with van der Waals surface area (Å²) in [7, 11) is 0. The monoisotopic (exact) mass is 290 g/mol. The number of hydrogen-bond donors (Lipinski definition) is 0. The van der Waals surface area contributed by atoms with E-state index in [1.54, 1.807) is 23.9 Å². The molecule has 3 rings (SSSR count). The molecule has 0 bridgehead atoms. The highest BCUT2D eigenvalue weighted by atomic mass is 32.2. The fourth-order valence-electron chi connectivity index (χ4n) is 2.37. The van der Waals surface area contributed by atoms with Crippen LogP contribution in [-0.4, -0.2) is 32.7 Å². The summed E-state index contributed by atoms with van der Waals surface area (Å²) in [5, 5.41) is 0.815. The van der Waals surface area contributed by atoms with E-state index < -0.39 is 0 Å². The zero-order chi connectivity index (χ0) is 13.9. The molecule has 0 aliphatic carbocycles. The molecule has 4 nitrogen and oxygen atoms in total. The number of halogens is 1. The fraction of sp³-hybridized carbons (Fsp3) is 0.357. The Balaban J connectivity index is 1.74. The van der Waals surface area contributed by atoms with Gasteiger partial charge in [0.15, 0.2) is 5.16 Å². The molecule has 0 spiro atoms. The second-order valence-corrected chi connectivity index (χ2v) is 5.52. The molecule has 0 unspecified atom stereocenters. The summed E-state index contributed by atoms with van der Waals surface area (Å²) in [4.78, 5) is 14.7. The Morgan fingerprint density at radius 3 is 3.10 bits per heavy atom. The third kappa shape index (κ3) is 2.81. The molecule has 3 heterocycles. The predicted octanol–water partition coefficient (Wildman–Crippen LogP) is 2.29. The van der Waals surface area contributed by atoms with Crippen molar-refractivity contribution < 1.29 is 4.39 Å². The van der Waals surface area contributed by atoms with Gasteiger partial charge >= 0.3 is 0 Å². The van der Waals surface area contributed by atoms with Crippen molar-refractivity contribution in [2.24, 2.45) is 0 Å². The maximum atomic E-state index is 13.6. The Kier molecular flexibility index (Phi) is 3.93. The van der Waals surface area contributed by atoms with Crippen LogP contribution in [0.4, 0.5) is 4.39 Å². The van der Waals surface area contributed by atoms with E-state index in [0.29, 0.717) is 12.1 Å². The molecule has 0 saturated carbocycles. The normalized spacial score (nSPS) is 15.1. The molecular weight excluding hydrogens is 275 g/mol. The third-order valence-corrected chi connectivity index (χ3v) is 3.97. The zero-order valence-electron chi connectivity index (χ0n) is 11.2. The molecule has 0 atom stereocenters. The molecule has 1 aliphatic rings. The second-order valence-electron chi connectivity index (χ2n) is 4.74. The average Bonchev–Trinajstić information content (AvgIpc) is 2.49. The van der Waals surface area contributed by atoms with E-state index >= 15 is 0 Å². The van der Waals surface area contributed by atoms with Crippen molar-refractivity contribution in [1.29, 1.82) is 0 Å². The summed E-state index contributed by atoms with van der Waals surface area (Å²) in [6.07, 6.45) is 6.22. The Labute approximate surface area is 121 Å². The van der Waals surface area contributed by atoms with Crippen LogP contribution in [0.3, 0.4) is 0 Å². The molecule has 0 aromatic carbocycles. The molecule has 0 saturated heterocycles. The highest BCUT2D eigenvalue weighted by Crippen LogP contribution is 2.20. The lowest BCUT2D eigenvalue weighted by molar-refractivity contribution is 0.238. The van der Waals surface area contributed by atoms with Crippen molar-refractivity contribution in [3.63, 3.8) is 0 Å². The van der Waals surface area contributed by atoms with E-state index in [1.807, 2.05) is 12.5 Å². The van der Waals surface area contributed by atoms with Gasteiger partial charge in [0.25, 0.3) is 0 Å². The first-order chi connectivity index (χ1) is 9.76. The lowest BCUT2D eigenvalue weighted by Crippen LogP contribution is -2.31. The van der Waals surface area contributed by atoms with Crippen molar-refractivity contribution in [3.8, 4) is 0 Å². The minimum Gasteiger partial charge on any atom is -0.294 e. The van der Waals surface area contributed by atoms with Crippen LogP contribution in [0.2, 0.25) is 0 Å². The first-order valence-electron chi connectivity index (χ1n) is 6.47. The maximum Gasteiger partial charge on any atom is 0.217 e. The van der Waals surface area contributed by atoms with Crippen molar-refractivity contribution in [1.82, 2.24) is 19.9 Å². The summed E-state index contributed by atoms with van der Waals surface area (Å²) in [6.45, 7) is 2.22. The molecule has 6 heteroatoms. The summed E-state index contributed by atoms with van der Waals surface area (Å²) in [5.41, 5.74) is 2.89. The molecule has 0 amide bonds. The highest BCUT2D eigenvalue weighted by molar-refractivity contribution is 7.98. The number of fused-ring (bicyclic) bond motifs is 1. The van der Waals surface area contributed by atoms with Crippen LogP contribution >= 0.6 is 11.8 Å². The Bertz CT molecular complexity index is 620. The van der Waals surface area contributed by atoms with E-state index in [1.165, 1.54) is 6.20 Å². The van der Waals surface area contributed by atoms with Crippen molar-refractivity contribution in [2.45, 2.75) is 24.7 Å². The van der Waals surface area contributed by atoms with Gasteiger partial charge in [-0.05, 0) is 12.3 Å². The fourth-order valence-corrected chi connectivity index (χ4v) is 2.73. The predicted molar refractivity (Wildman–Crippen MR) is 75.8 cm³/mol. The zero-order valence-corrected chi connectivity index (χ0v) is 12.0. The number of nitrogens with zero attached hydrogens (tertiary/aromatic N) is 4. The Morgan fingerprint density at radius 2 is 2.30 bits per heavy atom. The molecule has 0 fully saturated rings. The summed E-state index contributed by atoms with van der Waals surface area (Å²) in [6, 6.07) is 3.55. The SMILES string of the molecule is CSc1ncc2c(n1)CCN(Cc1cccnc1F)C2. The highest BCUT2D eigenvalue weighted by Gasteiger charge is 2.19. The first-order valence-corrected chi connectivity index (χ1v) is 7.69. The summed E-state index contributed by atoms with van der Waals surface area (Å²) >= 11 is 1.55. The molecule has 0 N–H and O–H groups in total. The average molecular weight is 290 g/mol. The van der Waals surface area contributed by atoms with Crippen LogP contribution in [0.25, 0.3) is 0 Å². The smallest absolute Gasteiger partial charge is 0.217 e. The van der Waals surface area contributed by atoms with Gasteiger partial charge in [0.1, 0.15) is 0 Å². The van der Waals surface area contributed by atoms with Crippen LogP contribution in [0.5, 0.6) is 0 Å². The third-order valence-electron chi connectivity index (χ3n) is 3.40. The largest absolute Gasteiger partial charge is 0.294 e. The van der Waals surface area contributed by atoms with Crippen molar-refractivity contribution >= 4 is 11.8 Å². The van der Waals surface area contributed by atoms with Gasteiger partial charge in [-0.2, -0.15) is 4.39 Å². The van der Waals surface area contributed by atoms with Crippen LogP contribution in [0.15, 0.2) is 29.7 Å². The van der Waals surface area contributed by atoms with Crippen molar-refractivity contribution in [2.75, 3.05) is 12.8 Å². The lowest BCUT2D eigenvalue weighted by Gasteiger charge is -2.27. The van der Waals surface area contributed by atoms with Gasteiger partial charge in [-0.1, -0.05) is 17.8 Å². The van der Waals surface area contributed by atoms with E-state index in [-0.39, 0.29) is 5.95 Å². The van der Waals surface area contributed by atoms with Crippen molar-refractivity contribution in [3.05, 3.63) is 47.3 Å². The van der Waals surface area contributed by atoms with E-state index in [9.17, 15) is 4.39 Å².